The number of aliphatic hydroxyl groups is 1. The molecule has 0 saturated heterocycles. The summed E-state index contributed by atoms with van der Waals surface area (Å²) < 4.78 is 17.2. The fourth-order valence-corrected chi connectivity index (χ4v) is 6.34. The summed E-state index contributed by atoms with van der Waals surface area (Å²) in [4.78, 5) is 47.6. The van der Waals surface area contributed by atoms with Gasteiger partial charge in [-0.15, -0.1) is 0 Å². The molecule has 0 aliphatic heterocycles. The molecule has 9 nitrogen and oxygen atoms in total. The van der Waals surface area contributed by atoms with E-state index in [1.54, 1.807) is 0 Å². The zero-order valence-electron chi connectivity index (χ0n) is 24.5. The first-order valence-electron chi connectivity index (χ1n) is 13.8. The molecular weight excluding hydrogens is 504 g/mol. The summed E-state index contributed by atoms with van der Waals surface area (Å²) in [5.74, 6) is -2.51. The lowest BCUT2D eigenvalue weighted by atomic mass is 9.67. The van der Waals surface area contributed by atoms with Crippen LogP contribution in [-0.2, 0) is 33.4 Å². The fourth-order valence-electron chi connectivity index (χ4n) is 6.34. The van der Waals surface area contributed by atoms with Crippen molar-refractivity contribution in [2.24, 2.45) is 17.3 Å². The molecule has 0 amide bonds. The second-order valence-electron chi connectivity index (χ2n) is 12.3. The first-order chi connectivity index (χ1) is 17.9. The Morgan fingerprint density at radius 2 is 1.72 bits per heavy atom. The number of hydrogen-bond acceptors (Lipinski definition) is 8. The first-order valence-corrected chi connectivity index (χ1v) is 13.8. The van der Waals surface area contributed by atoms with Crippen LogP contribution in [0.25, 0.3) is 0 Å². The molecule has 39 heavy (non-hydrogen) atoms. The minimum absolute atomic E-state index is 0.0594. The Bertz CT molecular complexity index is 990. The Labute approximate surface area is 232 Å². The van der Waals surface area contributed by atoms with Gasteiger partial charge in [-0.25, -0.2) is 0 Å². The maximum atomic E-state index is 12.5. The molecule has 9 heteroatoms. The van der Waals surface area contributed by atoms with Crippen molar-refractivity contribution in [3.63, 3.8) is 0 Å². The van der Waals surface area contributed by atoms with Crippen LogP contribution in [0.1, 0.15) is 99.8 Å². The van der Waals surface area contributed by atoms with Crippen LogP contribution in [0.4, 0.5) is 0 Å². The van der Waals surface area contributed by atoms with E-state index >= 15 is 0 Å². The molecule has 2 unspecified atom stereocenters. The van der Waals surface area contributed by atoms with Gasteiger partial charge in [-0.2, -0.15) is 0 Å². The number of carbonyl (C=O) groups excluding carboxylic acids is 3. The minimum atomic E-state index is -1.72. The lowest BCUT2D eigenvalue weighted by molar-refractivity contribution is -0.163. The molecule has 2 aliphatic rings. The molecule has 0 spiro atoms. The molecule has 2 aliphatic carbocycles. The Morgan fingerprint density at radius 3 is 2.31 bits per heavy atom. The molecule has 0 aromatic carbocycles. The maximum absolute atomic E-state index is 12.5. The minimum Gasteiger partial charge on any atom is -0.481 e. The largest absolute Gasteiger partial charge is 0.481 e. The van der Waals surface area contributed by atoms with E-state index < -0.39 is 53.5 Å². The number of esters is 3. The zero-order valence-corrected chi connectivity index (χ0v) is 24.5. The first kappa shape index (κ1) is 32.5. The molecule has 2 rings (SSSR count). The second-order valence-corrected chi connectivity index (χ2v) is 12.3. The second kappa shape index (κ2) is 13.1. The summed E-state index contributed by atoms with van der Waals surface area (Å²) in [5.41, 5.74) is -0.845. The number of fused-ring (bicyclic) bond motifs is 1. The molecule has 220 valence electrons. The van der Waals surface area contributed by atoms with Crippen LogP contribution in [-0.4, -0.2) is 58.0 Å². The maximum Gasteiger partial charge on any atom is 0.309 e. The SMILES string of the molecule is CC(=O)O[C@H]1/C=C(\COC(=O)CC(C)(O)CC(=O)O)CC/C=C(\C)CC[C@H]2C(C(C)(C)OC(C)=O)CC[C@]12C. The number of aliphatic carboxylic acids is 1. The standard InChI is InChI=1S/C30H46O9/c1-19-9-8-10-22(18-37-27(35)17-29(6,36)16-26(33)34)15-25(38-20(2)31)30(7)14-13-23(24(30)12-11-19)28(4,5)39-21(3)32/h9,15,23-25,36H,8,10-14,16-18H2,1-7H3,(H,33,34)/b19-9+,22-15-/t23?,24-,25-,29?,30-/m0/s1. The van der Waals surface area contributed by atoms with Crippen molar-refractivity contribution < 1.29 is 43.6 Å². The van der Waals surface area contributed by atoms with Crippen molar-refractivity contribution in [1.82, 2.24) is 0 Å². The number of carboxylic acid groups (broad SMARTS) is 1. The van der Waals surface area contributed by atoms with Gasteiger partial charge in [0.25, 0.3) is 0 Å². The highest BCUT2D eigenvalue weighted by atomic mass is 16.6. The molecule has 2 N–H and O–H groups in total. The predicted molar refractivity (Wildman–Crippen MR) is 144 cm³/mol. The van der Waals surface area contributed by atoms with Crippen molar-refractivity contribution >= 4 is 23.9 Å². The number of rotatable bonds is 9. The van der Waals surface area contributed by atoms with Gasteiger partial charge in [0.15, 0.2) is 0 Å². The predicted octanol–water partition coefficient (Wildman–Crippen LogP) is 4.90. The van der Waals surface area contributed by atoms with Gasteiger partial charge in [0.05, 0.1) is 18.4 Å². The zero-order chi connectivity index (χ0) is 29.6. The van der Waals surface area contributed by atoms with E-state index in [2.05, 4.69) is 19.9 Å². The molecule has 0 aromatic rings. The molecule has 0 radical (unpaired) electrons. The third-order valence-electron chi connectivity index (χ3n) is 8.24. The van der Waals surface area contributed by atoms with Gasteiger partial charge in [0.1, 0.15) is 18.3 Å². The van der Waals surface area contributed by atoms with Crippen LogP contribution < -0.4 is 0 Å². The smallest absolute Gasteiger partial charge is 0.309 e. The van der Waals surface area contributed by atoms with E-state index in [0.717, 1.165) is 31.3 Å². The summed E-state index contributed by atoms with van der Waals surface area (Å²) in [6, 6.07) is 0. The highest BCUT2D eigenvalue weighted by molar-refractivity contribution is 5.74. The van der Waals surface area contributed by atoms with Gasteiger partial charge in [-0.1, -0.05) is 18.6 Å². The van der Waals surface area contributed by atoms with E-state index in [1.807, 2.05) is 19.9 Å². The average Bonchev–Trinajstić information content (AvgIpc) is 3.10. The lowest BCUT2D eigenvalue weighted by Gasteiger charge is -2.43. The van der Waals surface area contributed by atoms with Crippen LogP contribution in [0, 0.1) is 17.3 Å². The van der Waals surface area contributed by atoms with Crippen molar-refractivity contribution in [2.75, 3.05) is 6.61 Å². The number of ether oxygens (including phenoxy) is 3. The van der Waals surface area contributed by atoms with Gasteiger partial charge in [-0.05, 0) is 83.8 Å². The molecule has 0 bridgehead atoms. The third kappa shape index (κ3) is 9.48. The quantitative estimate of drug-likeness (QED) is 0.233. The summed E-state index contributed by atoms with van der Waals surface area (Å²) >= 11 is 0. The summed E-state index contributed by atoms with van der Waals surface area (Å²) in [5, 5.41) is 19.2. The summed E-state index contributed by atoms with van der Waals surface area (Å²) in [7, 11) is 0. The molecule has 1 fully saturated rings. The van der Waals surface area contributed by atoms with Crippen LogP contribution in [0.15, 0.2) is 23.3 Å². The van der Waals surface area contributed by atoms with Gasteiger partial charge in [0, 0.05) is 25.2 Å². The van der Waals surface area contributed by atoms with E-state index in [-0.39, 0.29) is 24.4 Å². The van der Waals surface area contributed by atoms with Crippen molar-refractivity contribution in [1.29, 1.82) is 0 Å². The van der Waals surface area contributed by atoms with E-state index in [9.17, 15) is 24.3 Å². The van der Waals surface area contributed by atoms with Crippen molar-refractivity contribution in [3.8, 4) is 0 Å². The highest BCUT2D eigenvalue weighted by Crippen LogP contribution is 2.56. The summed E-state index contributed by atoms with van der Waals surface area (Å²) in [6.07, 6.45) is 7.02. The molecular formula is C30H46O9. The topological polar surface area (TPSA) is 136 Å². The Morgan fingerprint density at radius 1 is 1.05 bits per heavy atom. The molecule has 0 aromatic heterocycles. The van der Waals surface area contributed by atoms with Gasteiger partial charge in [0.2, 0.25) is 0 Å². The third-order valence-corrected chi connectivity index (χ3v) is 8.24. The van der Waals surface area contributed by atoms with Crippen LogP contribution in [0.2, 0.25) is 0 Å². The van der Waals surface area contributed by atoms with E-state index in [1.165, 1.54) is 26.3 Å². The average molecular weight is 551 g/mol. The Balaban J connectivity index is 2.40. The van der Waals surface area contributed by atoms with Gasteiger partial charge < -0.3 is 24.4 Å². The number of carbonyl (C=O) groups is 4. The monoisotopic (exact) mass is 550 g/mol. The van der Waals surface area contributed by atoms with Crippen LogP contribution in [0.3, 0.4) is 0 Å². The number of allylic oxidation sites excluding steroid dienone is 2. The van der Waals surface area contributed by atoms with E-state index in [0.29, 0.717) is 12.8 Å². The molecule has 0 heterocycles. The van der Waals surface area contributed by atoms with Crippen molar-refractivity contribution in [3.05, 3.63) is 23.3 Å². The highest BCUT2D eigenvalue weighted by Gasteiger charge is 2.55. The van der Waals surface area contributed by atoms with Crippen LogP contribution in [0.5, 0.6) is 0 Å². The Hall–Kier alpha value is -2.68. The fraction of sp³-hybridized carbons (Fsp3) is 0.733. The van der Waals surface area contributed by atoms with Crippen LogP contribution >= 0.6 is 0 Å². The number of hydrogen-bond donors (Lipinski definition) is 2. The molecule has 5 atom stereocenters. The number of carboxylic acids is 1. The summed E-state index contributed by atoms with van der Waals surface area (Å²) in [6.45, 7) is 12.1. The Kier molecular flexibility index (Phi) is 10.9. The van der Waals surface area contributed by atoms with Gasteiger partial charge in [-0.3, -0.25) is 19.2 Å². The van der Waals surface area contributed by atoms with Gasteiger partial charge >= 0.3 is 23.9 Å². The lowest BCUT2D eigenvalue weighted by Crippen LogP contribution is -2.45. The van der Waals surface area contributed by atoms with E-state index in [4.69, 9.17) is 19.3 Å². The molecule has 1 saturated carbocycles. The normalized spacial score (nSPS) is 30.2. The van der Waals surface area contributed by atoms with Crippen molar-refractivity contribution in [2.45, 2.75) is 117 Å².